The van der Waals surface area contributed by atoms with E-state index in [0.717, 1.165) is 11.3 Å². The lowest BCUT2D eigenvalue weighted by molar-refractivity contribution is -0.113. The molecule has 0 saturated heterocycles. The van der Waals surface area contributed by atoms with Crippen LogP contribution in [0, 0.1) is 12.7 Å². The molecule has 0 aliphatic rings. The van der Waals surface area contributed by atoms with Gasteiger partial charge in [-0.1, -0.05) is 41.6 Å². The van der Waals surface area contributed by atoms with Crippen LogP contribution in [-0.4, -0.2) is 21.9 Å². The fourth-order valence-corrected chi connectivity index (χ4v) is 2.92. The van der Waals surface area contributed by atoms with E-state index >= 15 is 0 Å². The van der Waals surface area contributed by atoms with Gasteiger partial charge in [0, 0.05) is 16.3 Å². The van der Waals surface area contributed by atoms with Gasteiger partial charge in [-0.15, -0.1) is 10.2 Å². The Morgan fingerprint density at radius 1 is 1.12 bits per heavy atom. The van der Waals surface area contributed by atoms with E-state index in [4.69, 9.17) is 11.6 Å². The van der Waals surface area contributed by atoms with Crippen molar-refractivity contribution < 1.29 is 9.18 Å². The summed E-state index contributed by atoms with van der Waals surface area (Å²) in [6.45, 7) is 1.67. The van der Waals surface area contributed by atoms with Gasteiger partial charge in [0.15, 0.2) is 0 Å². The Morgan fingerprint density at radius 3 is 2.54 bits per heavy atom. The molecular formula is C19H15ClFN3OS. The van der Waals surface area contributed by atoms with Crippen molar-refractivity contribution >= 4 is 35.0 Å². The molecular weight excluding hydrogens is 373 g/mol. The van der Waals surface area contributed by atoms with Gasteiger partial charge in [-0.25, -0.2) is 4.39 Å². The topological polar surface area (TPSA) is 54.9 Å². The molecule has 3 rings (SSSR count). The number of nitrogens with one attached hydrogen (secondary N) is 1. The van der Waals surface area contributed by atoms with Crippen LogP contribution in [0.2, 0.25) is 5.02 Å². The summed E-state index contributed by atoms with van der Waals surface area (Å²) in [5.41, 5.74) is 2.61. The lowest BCUT2D eigenvalue weighted by Gasteiger charge is -2.06. The summed E-state index contributed by atoms with van der Waals surface area (Å²) in [5, 5.41) is 12.2. The van der Waals surface area contributed by atoms with Crippen molar-refractivity contribution in [2.24, 2.45) is 0 Å². The molecule has 0 fully saturated rings. The van der Waals surface area contributed by atoms with E-state index < -0.39 is 0 Å². The van der Waals surface area contributed by atoms with E-state index in [0.29, 0.717) is 21.3 Å². The van der Waals surface area contributed by atoms with Gasteiger partial charge in [0.1, 0.15) is 10.8 Å². The minimum atomic E-state index is -0.348. The van der Waals surface area contributed by atoms with Gasteiger partial charge in [-0.2, -0.15) is 0 Å². The van der Waals surface area contributed by atoms with Gasteiger partial charge >= 0.3 is 0 Å². The van der Waals surface area contributed by atoms with Gasteiger partial charge in [-0.05, 0) is 48.9 Å². The van der Waals surface area contributed by atoms with Gasteiger partial charge in [0.25, 0.3) is 0 Å². The number of carbonyl (C=O) groups excluding carboxylic acids is 1. The zero-order valence-electron chi connectivity index (χ0n) is 13.9. The van der Waals surface area contributed by atoms with Gasteiger partial charge in [-0.3, -0.25) is 4.79 Å². The largest absolute Gasteiger partial charge is 0.325 e. The molecule has 0 saturated carbocycles. The zero-order valence-corrected chi connectivity index (χ0v) is 15.4. The predicted molar refractivity (Wildman–Crippen MR) is 103 cm³/mol. The molecule has 2 aromatic carbocycles. The molecule has 3 aromatic rings. The molecule has 4 nitrogen and oxygen atoms in total. The Kier molecular flexibility index (Phi) is 5.85. The fraction of sp³-hybridized carbons (Fsp3) is 0.105. The van der Waals surface area contributed by atoms with Crippen molar-refractivity contribution in [3.05, 3.63) is 71.0 Å². The maximum absolute atomic E-state index is 13.5. The summed E-state index contributed by atoms with van der Waals surface area (Å²) in [4.78, 5) is 12.0. The minimum Gasteiger partial charge on any atom is -0.325 e. The normalized spacial score (nSPS) is 10.6. The zero-order chi connectivity index (χ0) is 18.5. The molecule has 7 heteroatoms. The number of benzene rings is 2. The Morgan fingerprint density at radius 2 is 1.88 bits per heavy atom. The van der Waals surface area contributed by atoms with Crippen LogP contribution in [0.3, 0.4) is 0 Å². The van der Waals surface area contributed by atoms with Crippen molar-refractivity contribution in [3.63, 3.8) is 0 Å². The first-order valence-corrected chi connectivity index (χ1v) is 9.16. The third kappa shape index (κ3) is 4.80. The number of nitrogens with zero attached hydrogens (tertiary/aromatic N) is 2. The van der Waals surface area contributed by atoms with Crippen LogP contribution in [-0.2, 0) is 4.79 Å². The second-order valence-electron chi connectivity index (χ2n) is 5.56. The number of halogens is 2. The average molecular weight is 388 g/mol. The molecule has 0 radical (unpaired) electrons. The summed E-state index contributed by atoms with van der Waals surface area (Å²) in [6.07, 6.45) is 0. The number of thioether (sulfide) groups is 1. The van der Waals surface area contributed by atoms with Crippen LogP contribution in [0.5, 0.6) is 0 Å². The number of anilines is 1. The number of amides is 1. The molecule has 0 aliphatic carbocycles. The first-order valence-electron chi connectivity index (χ1n) is 7.80. The van der Waals surface area contributed by atoms with Crippen LogP contribution in [0.25, 0.3) is 11.3 Å². The molecule has 1 heterocycles. The summed E-state index contributed by atoms with van der Waals surface area (Å²) < 4.78 is 13.5. The van der Waals surface area contributed by atoms with Gasteiger partial charge in [0.05, 0.1) is 11.4 Å². The van der Waals surface area contributed by atoms with Crippen LogP contribution in [0.4, 0.5) is 10.1 Å². The summed E-state index contributed by atoms with van der Waals surface area (Å²) in [6, 6.07) is 15.6. The van der Waals surface area contributed by atoms with E-state index in [2.05, 4.69) is 15.5 Å². The average Bonchev–Trinajstić information content (AvgIpc) is 2.64. The predicted octanol–water partition coefficient (Wildman–Crippen LogP) is 4.98. The number of hydrogen-bond donors (Lipinski definition) is 1. The quantitative estimate of drug-likeness (QED) is 0.627. The fourth-order valence-electron chi connectivity index (χ4n) is 2.18. The number of hydrogen-bond acceptors (Lipinski definition) is 4. The molecule has 26 heavy (non-hydrogen) atoms. The monoisotopic (exact) mass is 387 g/mol. The highest BCUT2D eigenvalue weighted by molar-refractivity contribution is 7.99. The van der Waals surface area contributed by atoms with Gasteiger partial charge in [0.2, 0.25) is 5.91 Å². The standard InChI is InChI=1S/C19H15ClFN3OS/c1-12-2-7-15(10-16(12)21)22-18(25)11-26-19-9-8-17(23-24-19)13-3-5-14(20)6-4-13/h2-10H,11H2,1H3,(H,22,25). The Hall–Kier alpha value is -2.44. The van der Waals surface area contributed by atoms with Crippen LogP contribution in [0.15, 0.2) is 59.6 Å². The summed E-state index contributed by atoms with van der Waals surface area (Å²) >= 11 is 7.13. The number of carbonyl (C=O) groups is 1. The van der Waals surface area contributed by atoms with Gasteiger partial charge < -0.3 is 5.32 Å². The summed E-state index contributed by atoms with van der Waals surface area (Å²) in [5.74, 6) is -0.425. The van der Waals surface area contributed by atoms with E-state index in [1.54, 1.807) is 37.3 Å². The molecule has 132 valence electrons. The molecule has 0 aliphatic heterocycles. The van der Waals surface area contributed by atoms with Crippen molar-refractivity contribution in [3.8, 4) is 11.3 Å². The lowest BCUT2D eigenvalue weighted by Crippen LogP contribution is -2.14. The third-order valence-corrected chi connectivity index (χ3v) is 4.76. The molecule has 0 atom stereocenters. The van der Waals surface area contributed by atoms with E-state index in [1.165, 1.54) is 17.8 Å². The molecule has 1 aromatic heterocycles. The smallest absolute Gasteiger partial charge is 0.234 e. The lowest BCUT2D eigenvalue weighted by atomic mass is 10.1. The highest BCUT2D eigenvalue weighted by Crippen LogP contribution is 2.22. The van der Waals surface area contributed by atoms with E-state index in [9.17, 15) is 9.18 Å². The molecule has 1 N–H and O–H groups in total. The first-order chi connectivity index (χ1) is 12.5. The number of aromatic nitrogens is 2. The molecule has 0 unspecified atom stereocenters. The van der Waals surface area contributed by atoms with Crippen molar-refractivity contribution in [1.82, 2.24) is 10.2 Å². The van der Waals surface area contributed by atoms with Crippen LogP contribution < -0.4 is 5.32 Å². The Labute approximate surface area is 159 Å². The van der Waals surface area contributed by atoms with E-state index in [-0.39, 0.29) is 17.5 Å². The highest BCUT2D eigenvalue weighted by atomic mass is 35.5. The maximum atomic E-state index is 13.5. The van der Waals surface area contributed by atoms with Crippen LogP contribution >= 0.6 is 23.4 Å². The SMILES string of the molecule is Cc1ccc(NC(=O)CSc2ccc(-c3ccc(Cl)cc3)nn2)cc1F. The second kappa shape index (κ2) is 8.29. The second-order valence-corrected chi connectivity index (χ2v) is 7.00. The van der Waals surface area contributed by atoms with Crippen molar-refractivity contribution in [2.45, 2.75) is 11.9 Å². The molecule has 1 amide bonds. The highest BCUT2D eigenvalue weighted by Gasteiger charge is 2.07. The number of rotatable bonds is 5. The molecule has 0 spiro atoms. The number of aryl methyl sites for hydroxylation is 1. The first kappa shape index (κ1) is 18.4. The van der Waals surface area contributed by atoms with E-state index in [1.807, 2.05) is 18.2 Å². The molecule has 0 bridgehead atoms. The van der Waals surface area contributed by atoms with Crippen LogP contribution in [0.1, 0.15) is 5.56 Å². The maximum Gasteiger partial charge on any atom is 0.234 e. The summed E-state index contributed by atoms with van der Waals surface area (Å²) in [7, 11) is 0. The minimum absolute atomic E-state index is 0.157. The van der Waals surface area contributed by atoms with Crippen molar-refractivity contribution in [1.29, 1.82) is 0 Å². The Balaban J connectivity index is 1.56. The Bertz CT molecular complexity index is 917. The third-order valence-electron chi connectivity index (χ3n) is 3.59. The van der Waals surface area contributed by atoms with Crippen molar-refractivity contribution in [2.75, 3.05) is 11.1 Å².